The molecule has 0 aliphatic carbocycles. The number of carbonyl (C=O) groups is 1. The third-order valence-corrected chi connectivity index (χ3v) is 7.81. The molecule has 0 aliphatic rings. The van der Waals surface area contributed by atoms with Crippen molar-refractivity contribution >= 4 is 54.3 Å². The Morgan fingerprint density at radius 3 is 2.42 bits per heavy atom. The van der Waals surface area contributed by atoms with Crippen LogP contribution < -0.4 is 20.0 Å². The lowest BCUT2D eigenvalue weighted by Crippen LogP contribution is -2.40. The second-order valence-electron chi connectivity index (χ2n) is 8.80. The molecule has 9 heteroatoms. The minimum Gasteiger partial charge on any atom is -0.493 e. The van der Waals surface area contributed by atoms with E-state index in [1.54, 1.807) is 37.3 Å². The number of carbonyl (C=O) groups excluding carboxylic acids is 1. The summed E-state index contributed by atoms with van der Waals surface area (Å²) in [6.07, 6.45) is 0. The van der Waals surface area contributed by atoms with Crippen LogP contribution in [0.2, 0.25) is 0 Å². The van der Waals surface area contributed by atoms with E-state index in [0.29, 0.717) is 46.2 Å². The van der Waals surface area contributed by atoms with Gasteiger partial charge in [-0.1, -0.05) is 55.5 Å². The van der Waals surface area contributed by atoms with Crippen molar-refractivity contribution in [3.05, 3.63) is 70.6 Å². The van der Waals surface area contributed by atoms with Crippen LogP contribution in [-0.2, 0) is 0 Å². The molecule has 2 heterocycles. The summed E-state index contributed by atoms with van der Waals surface area (Å²) in [7, 11) is 3.15. The van der Waals surface area contributed by atoms with Crippen LogP contribution in [0.15, 0.2) is 63.8 Å². The molecule has 0 saturated heterocycles. The van der Waals surface area contributed by atoms with E-state index in [2.05, 4.69) is 18.7 Å². The van der Waals surface area contributed by atoms with E-state index in [-0.39, 0.29) is 5.56 Å². The van der Waals surface area contributed by atoms with Gasteiger partial charge in [0.25, 0.3) is 5.91 Å². The molecule has 8 nitrogen and oxygen atoms in total. The van der Waals surface area contributed by atoms with Crippen LogP contribution in [0.5, 0.6) is 11.5 Å². The lowest BCUT2D eigenvalue weighted by molar-refractivity contribution is 0.0980. The molecule has 3 aromatic carbocycles. The maximum atomic E-state index is 14.0. The number of ether oxygens (including phenoxy) is 2. The Kier molecular flexibility index (Phi) is 7.31. The summed E-state index contributed by atoms with van der Waals surface area (Å²) < 4.78 is 17.3. The molecule has 5 rings (SSSR count). The van der Waals surface area contributed by atoms with E-state index in [4.69, 9.17) is 18.9 Å². The van der Waals surface area contributed by atoms with Crippen molar-refractivity contribution in [1.29, 1.82) is 0 Å². The van der Waals surface area contributed by atoms with E-state index in [1.807, 2.05) is 36.4 Å². The number of likely N-dealkylation sites (N-methyl/N-ethyl adjacent to an activating group) is 1. The van der Waals surface area contributed by atoms with Gasteiger partial charge in [0.15, 0.2) is 16.6 Å². The zero-order valence-corrected chi connectivity index (χ0v) is 22.6. The molecule has 5 aromatic rings. The zero-order chi connectivity index (χ0) is 26.8. The van der Waals surface area contributed by atoms with Crippen molar-refractivity contribution in [2.24, 2.45) is 0 Å². The van der Waals surface area contributed by atoms with Crippen molar-refractivity contribution in [3.63, 3.8) is 0 Å². The predicted octanol–water partition coefficient (Wildman–Crippen LogP) is 5.56. The number of hydrogen-bond acceptors (Lipinski definition) is 8. The Balaban J connectivity index is 1.62. The molecule has 38 heavy (non-hydrogen) atoms. The van der Waals surface area contributed by atoms with Crippen LogP contribution in [0.3, 0.4) is 0 Å². The number of nitrogens with zero attached hydrogens (tertiary/aromatic N) is 3. The smallest absolute Gasteiger partial charge is 0.349 e. The third-order valence-electron chi connectivity index (χ3n) is 6.77. The van der Waals surface area contributed by atoms with Gasteiger partial charge in [-0.2, -0.15) is 0 Å². The monoisotopic (exact) mass is 531 g/mol. The number of rotatable bonds is 9. The van der Waals surface area contributed by atoms with Gasteiger partial charge in [0.1, 0.15) is 11.1 Å². The van der Waals surface area contributed by atoms with Crippen molar-refractivity contribution in [2.75, 3.05) is 45.3 Å². The average Bonchev–Trinajstić information content (AvgIpc) is 3.36. The Labute approximate surface area is 224 Å². The summed E-state index contributed by atoms with van der Waals surface area (Å²) >= 11 is 1.36. The lowest BCUT2D eigenvalue weighted by atomic mass is 10.0. The second-order valence-corrected chi connectivity index (χ2v) is 9.81. The first-order chi connectivity index (χ1) is 18.5. The first kappa shape index (κ1) is 25.7. The van der Waals surface area contributed by atoms with Gasteiger partial charge >= 0.3 is 5.63 Å². The highest BCUT2D eigenvalue weighted by molar-refractivity contribution is 7.22. The molecule has 0 atom stereocenters. The van der Waals surface area contributed by atoms with Crippen molar-refractivity contribution in [1.82, 2.24) is 9.88 Å². The molecule has 1 amide bonds. The van der Waals surface area contributed by atoms with Crippen LogP contribution >= 0.6 is 11.3 Å². The maximum Gasteiger partial charge on any atom is 0.349 e. The number of methoxy groups -OCH3 is 2. The quantitative estimate of drug-likeness (QED) is 0.182. The summed E-state index contributed by atoms with van der Waals surface area (Å²) in [4.78, 5) is 35.6. The lowest BCUT2D eigenvalue weighted by Gasteiger charge is -2.24. The summed E-state index contributed by atoms with van der Waals surface area (Å²) in [6.45, 7) is 6.84. The van der Waals surface area contributed by atoms with Gasteiger partial charge in [-0.15, -0.1) is 0 Å². The summed E-state index contributed by atoms with van der Waals surface area (Å²) in [5.74, 6) is 0.692. The van der Waals surface area contributed by atoms with Crippen LogP contribution in [0.25, 0.3) is 32.0 Å². The molecule has 0 spiro atoms. The molecule has 0 saturated carbocycles. The van der Waals surface area contributed by atoms with Crippen LogP contribution in [0.4, 0.5) is 5.13 Å². The highest BCUT2D eigenvalue weighted by Gasteiger charge is 2.26. The highest BCUT2D eigenvalue weighted by Crippen LogP contribution is 2.37. The van der Waals surface area contributed by atoms with Crippen LogP contribution in [-0.4, -0.2) is 56.2 Å². The number of anilines is 1. The molecule has 0 aliphatic heterocycles. The SMILES string of the molecule is CCN(CC)CCN(C(=O)c1cc2c(ccc3ccccc32)oc1=O)c1nc2cc(OC)c(OC)cc2s1. The summed E-state index contributed by atoms with van der Waals surface area (Å²) in [6, 6.07) is 16.8. The topological polar surface area (TPSA) is 85.1 Å². The maximum absolute atomic E-state index is 14.0. The molecule has 0 fully saturated rings. The summed E-state index contributed by atoms with van der Waals surface area (Å²) in [5, 5.41) is 3.12. The largest absolute Gasteiger partial charge is 0.493 e. The van der Waals surface area contributed by atoms with Gasteiger partial charge in [0.2, 0.25) is 0 Å². The molecule has 0 radical (unpaired) electrons. The summed E-state index contributed by atoms with van der Waals surface area (Å²) in [5.41, 5.74) is 0.428. The first-order valence-corrected chi connectivity index (χ1v) is 13.3. The number of hydrogen-bond donors (Lipinski definition) is 0. The molecular weight excluding hydrogens is 502 g/mol. The van der Waals surface area contributed by atoms with Crippen molar-refractivity contribution < 1.29 is 18.7 Å². The van der Waals surface area contributed by atoms with Gasteiger partial charge in [-0.3, -0.25) is 9.69 Å². The Morgan fingerprint density at radius 2 is 1.68 bits per heavy atom. The minimum absolute atomic E-state index is 0.0252. The normalized spacial score (nSPS) is 11.5. The van der Waals surface area contributed by atoms with E-state index in [0.717, 1.165) is 28.6 Å². The van der Waals surface area contributed by atoms with Gasteiger partial charge in [0.05, 0.1) is 24.4 Å². The van der Waals surface area contributed by atoms with E-state index < -0.39 is 11.5 Å². The van der Waals surface area contributed by atoms with E-state index in [9.17, 15) is 9.59 Å². The van der Waals surface area contributed by atoms with Crippen molar-refractivity contribution in [2.45, 2.75) is 13.8 Å². The molecule has 0 unspecified atom stereocenters. The Morgan fingerprint density at radius 1 is 0.947 bits per heavy atom. The number of fused-ring (bicyclic) bond motifs is 4. The average molecular weight is 532 g/mol. The fourth-order valence-corrected chi connectivity index (χ4v) is 5.59. The van der Waals surface area contributed by atoms with Crippen LogP contribution in [0.1, 0.15) is 24.2 Å². The van der Waals surface area contributed by atoms with Gasteiger partial charge in [0, 0.05) is 30.6 Å². The zero-order valence-electron chi connectivity index (χ0n) is 21.8. The second kappa shape index (κ2) is 10.8. The number of benzene rings is 3. The van der Waals surface area contributed by atoms with E-state index in [1.165, 1.54) is 11.3 Å². The number of amides is 1. The Hall–Kier alpha value is -3.95. The number of aromatic nitrogens is 1. The third kappa shape index (κ3) is 4.70. The fraction of sp³-hybridized carbons (Fsp3) is 0.276. The standard InChI is InChI=1S/C29H29N3O5S/c1-5-31(6-2)13-14-32(29-30-22-16-24(35-3)25(36-4)17-26(22)38-29)27(33)21-15-20-19-10-8-7-9-18(19)11-12-23(20)37-28(21)34/h7-12,15-17H,5-6,13-14H2,1-4H3. The molecule has 196 valence electrons. The molecule has 0 bridgehead atoms. The number of thiazole rings is 1. The van der Waals surface area contributed by atoms with Crippen molar-refractivity contribution in [3.8, 4) is 11.5 Å². The van der Waals surface area contributed by atoms with Gasteiger partial charge in [-0.05, 0) is 36.0 Å². The fourth-order valence-electron chi connectivity index (χ4n) is 4.59. The first-order valence-electron chi connectivity index (χ1n) is 12.5. The molecular formula is C29H29N3O5S. The van der Waals surface area contributed by atoms with Gasteiger partial charge < -0.3 is 18.8 Å². The van der Waals surface area contributed by atoms with Crippen LogP contribution in [0, 0.1) is 0 Å². The highest BCUT2D eigenvalue weighted by atomic mass is 32.1. The molecule has 0 N–H and O–H groups in total. The predicted molar refractivity (Wildman–Crippen MR) is 152 cm³/mol. The Bertz CT molecular complexity index is 1650. The van der Waals surface area contributed by atoms with Gasteiger partial charge in [-0.25, -0.2) is 9.78 Å². The van der Waals surface area contributed by atoms with E-state index >= 15 is 0 Å². The molecule has 2 aromatic heterocycles. The minimum atomic E-state index is -0.671.